The Morgan fingerprint density at radius 1 is 1.37 bits per heavy atom. The van der Waals surface area contributed by atoms with Crippen LogP contribution in [0.4, 0.5) is 0 Å². The number of ether oxygens (including phenoxy) is 2. The van der Waals surface area contributed by atoms with E-state index in [9.17, 15) is 4.79 Å². The first-order chi connectivity index (χ1) is 14.6. The summed E-state index contributed by atoms with van der Waals surface area (Å²) < 4.78 is 19.5. The zero-order valence-electron chi connectivity index (χ0n) is 16.5. The number of methoxy groups -OCH3 is 1. The average Bonchev–Trinajstić information content (AvgIpc) is 3.48. The Hall–Kier alpha value is -2.75. The van der Waals surface area contributed by atoms with Crippen LogP contribution in [-0.2, 0) is 9.47 Å². The van der Waals surface area contributed by atoms with Gasteiger partial charge in [-0.25, -0.2) is 4.98 Å². The van der Waals surface area contributed by atoms with Gasteiger partial charge in [-0.15, -0.1) is 0 Å². The second-order valence-corrected chi connectivity index (χ2v) is 7.82. The molecule has 10 heteroatoms. The molecule has 1 aromatic carbocycles. The maximum absolute atomic E-state index is 13.6. The van der Waals surface area contributed by atoms with E-state index in [0.717, 1.165) is 11.9 Å². The summed E-state index contributed by atoms with van der Waals surface area (Å²) in [7, 11) is 1.60. The summed E-state index contributed by atoms with van der Waals surface area (Å²) in [5.74, 6) is 0.850. The third-order valence-electron chi connectivity index (χ3n) is 5.44. The van der Waals surface area contributed by atoms with Crippen LogP contribution in [0.25, 0.3) is 28.1 Å². The Morgan fingerprint density at radius 2 is 2.23 bits per heavy atom. The number of rotatable bonds is 5. The molecule has 1 saturated heterocycles. The minimum absolute atomic E-state index is 0.0677. The van der Waals surface area contributed by atoms with Crippen LogP contribution in [0.1, 0.15) is 31.2 Å². The van der Waals surface area contributed by atoms with Crippen LogP contribution in [0.15, 0.2) is 33.8 Å². The van der Waals surface area contributed by atoms with Gasteiger partial charge in [0, 0.05) is 13.7 Å². The quantitative estimate of drug-likeness (QED) is 0.481. The molecule has 1 aliphatic rings. The number of para-hydroxylation sites is 1. The molecule has 2 unspecified atom stereocenters. The van der Waals surface area contributed by atoms with Crippen molar-refractivity contribution in [1.29, 1.82) is 0 Å². The Kier molecular flexibility index (Phi) is 4.80. The molecule has 3 aromatic heterocycles. The van der Waals surface area contributed by atoms with E-state index >= 15 is 0 Å². The highest BCUT2D eigenvalue weighted by atomic mass is 35.5. The van der Waals surface area contributed by atoms with Gasteiger partial charge in [-0.1, -0.05) is 22.8 Å². The van der Waals surface area contributed by atoms with E-state index in [0.29, 0.717) is 47.5 Å². The zero-order valence-corrected chi connectivity index (χ0v) is 17.3. The van der Waals surface area contributed by atoms with Crippen LogP contribution >= 0.6 is 11.6 Å². The Balaban J connectivity index is 1.76. The van der Waals surface area contributed by atoms with E-state index in [-0.39, 0.29) is 23.3 Å². The van der Waals surface area contributed by atoms with Crippen LogP contribution in [0.3, 0.4) is 0 Å². The molecule has 156 valence electrons. The number of aromatic nitrogens is 5. The highest BCUT2D eigenvalue weighted by Gasteiger charge is 2.27. The van der Waals surface area contributed by atoms with E-state index in [1.54, 1.807) is 28.5 Å². The molecule has 1 fully saturated rings. The lowest BCUT2D eigenvalue weighted by atomic mass is 10.1. The summed E-state index contributed by atoms with van der Waals surface area (Å²) in [4.78, 5) is 22.6. The molecule has 4 aromatic rings. The first kappa shape index (κ1) is 19.2. The maximum atomic E-state index is 13.6. The molecule has 1 aliphatic heterocycles. The molecule has 9 nitrogen and oxygen atoms in total. The van der Waals surface area contributed by atoms with Crippen LogP contribution in [0.5, 0.6) is 0 Å². The van der Waals surface area contributed by atoms with Gasteiger partial charge >= 0.3 is 0 Å². The van der Waals surface area contributed by atoms with E-state index in [4.69, 9.17) is 25.6 Å². The van der Waals surface area contributed by atoms with Crippen molar-refractivity contribution in [3.8, 4) is 11.5 Å². The second kappa shape index (κ2) is 7.50. The lowest BCUT2D eigenvalue weighted by Gasteiger charge is -2.19. The molecule has 0 saturated carbocycles. The lowest BCUT2D eigenvalue weighted by Crippen LogP contribution is -2.28. The average molecular weight is 430 g/mol. The van der Waals surface area contributed by atoms with Gasteiger partial charge in [0.05, 0.1) is 41.2 Å². The Bertz CT molecular complexity index is 1290. The van der Waals surface area contributed by atoms with Crippen LogP contribution in [0, 0.1) is 0 Å². The summed E-state index contributed by atoms with van der Waals surface area (Å²) in [6.07, 6.45) is 2.42. The lowest BCUT2D eigenvalue weighted by molar-refractivity contribution is 0.162. The van der Waals surface area contributed by atoms with Gasteiger partial charge in [0.25, 0.3) is 5.56 Å². The summed E-state index contributed by atoms with van der Waals surface area (Å²) in [6.45, 7) is 3.49. The number of fused-ring (bicyclic) bond motifs is 3. The molecule has 0 aliphatic carbocycles. The fraction of sp³-hybridized carbons (Fsp3) is 0.400. The van der Waals surface area contributed by atoms with Gasteiger partial charge in [-0.05, 0) is 25.5 Å². The van der Waals surface area contributed by atoms with Crippen LogP contribution < -0.4 is 5.56 Å². The summed E-state index contributed by atoms with van der Waals surface area (Å²) in [6, 6.07) is 5.26. The van der Waals surface area contributed by atoms with Crippen molar-refractivity contribution in [3.63, 3.8) is 0 Å². The van der Waals surface area contributed by atoms with Crippen molar-refractivity contribution in [3.05, 3.63) is 45.8 Å². The van der Waals surface area contributed by atoms with Crippen molar-refractivity contribution in [2.75, 3.05) is 26.9 Å². The van der Waals surface area contributed by atoms with Crippen molar-refractivity contribution in [1.82, 2.24) is 24.1 Å². The molecule has 0 amide bonds. The minimum atomic E-state index is -0.247. The van der Waals surface area contributed by atoms with Crippen molar-refractivity contribution in [2.45, 2.75) is 25.3 Å². The first-order valence-electron chi connectivity index (χ1n) is 9.70. The van der Waals surface area contributed by atoms with Gasteiger partial charge in [-0.3, -0.25) is 13.8 Å². The number of halogens is 1. The Labute approximate surface area is 176 Å². The number of benzene rings is 1. The molecule has 0 N–H and O–H groups in total. The van der Waals surface area contributed by atoms with E-state index in [2.05, 4.69) is 15.1 Å². The standard InChI is InChI=1S/C20H20ClN5O4/c1-11(8-28-2)26-16-13(21)4-3-5-14(16)25-10-22-15(17(25)20(26)27)18-23-19(30-24-18)12-6-7-29-9-12/h3-5,10-12H,6-9H2,1-2H3. The normalized spacial score (nSPS) is 17.9. The van der Waals surface area contributed by atoms with Crippen molar-refractivity contribution >= 4 is 28.2 Å². The molecule has 0 bridgehead atoms. The second-order valence-electron chi connectivity index (χ2n) is 7.42. The van der Waals surface area contributed by atoms with Crippen molar-refractivity contribution < 1.29 is 14.0 Å². The molecule has 0 radical (unpaired) electrons. The number of imidazole rings is 1. The van der Waals surface area contributed by atoms with Gasteiger partial charge < -0.3 is 14.0 Å². The van der Waals surface area contributed by atoms with Gasteiger partial charge in [0.15, 0.2) is 0 Å². The van der Waals surface area contributed by atoms with Gasteiger partial charge in [0.2, 0.25) is 11.7 Å². The predicted octanol–water partition coefficient (Wildman–Crippen LogP) is 3.06. The summed E-state index contributed by atoms with van der Waals surface area (Å²) >= 11 is 6.49. The van der Waals surface area contributed by atoms with Crippen molar-refractivity contribution in [2.24, 2.45) is 0 Å². The molecular weight excluding hydrogens is 410 g/mol. The monoisotopic (exact) mass is 429 g/mol. The molecule has 0 spiro atoms. The molecular formula is C20H20ClN5O4. The molecule has 2 atom stereocenters. The van der Waals surface area contributed by atoms with E-state index in [1.807, 2.05) is 19.1 Å². The van der Waals surface area contributed by atoms with E-state index < -0.39 is 0 Å². The smallest absolute Gasteiger partial charge is 0.278 e. The zero-order chi connectivity index (χ0) is 20.8. The summed E-state index contributed by atoms with van der Waals surface area (Å²) in [5.41, 5.74) is 1.87. The van der Waals surface area contributed by atoms with Gasteiger partial charge in [0.1, 0.15) is 17.5 Å². The largest absolute Gasteiger partial charge is 0.383 e. The van der Waals surface area contributed by atoms with Crippen LogP contribution in [0.2, 0.25) is 5.02 Å². The third-order valence-corrected chi connectivity index (χ3v) is 5.74. The fourth-order valence-electron chi connectivity index (χ4n) is 4.01. The SMILES string of the molecule is COCC(C)n1c(=O)c2c(-c3noc(C4CCOC4)n3)ncn2c2cccc(Cl)c21. The number of hydrogen-bond acceptors (Lipinski definition) is 7. The fourth-order valence-corrected chi connectivity index (χ4v) is 4.27. The maximum Gasteiger partial charge on any atom is 0.278 e. The minimum Gasteiger partial charge on any atom is -0.383 e. The van der Waals surface area contributed by atoms with Crippen LogP contribution in [-0.4, -0.2) is 51.0 Å². The highest BCUT2D eigenvalue weighted by molar-refractivity contribution is 6.35. The number of hydrogen-bond donors (Lipinski definition) is 0. The summed E-state index contributed by atoms with van der Waals surface area (Å²) in [5, 5.41) is 4.57. The molecule has 4 heterocycles. The Morgan fingerprint density at radius 3 is 3.00 bits per heavy atom. The van der Waals surface area contributed by atoms with E-state index in [1.165, 1.54) is 0 Å². The predicted molar refractivity (Wildman–Crippen MR) is 110 cm³/mol. The highest BCUT2D eigenvalue weighted by Crippen LogP contribution is 2.30. The topological polar surface area (TPSA) is 96.7 Å². The third kappa shape index (κ3) is 2.92. The van der Waals surface area contributed by atoms with Gasteiger partial charge in [-0.2, -0.15) is 4.98 Å². The molecule has 30 heavy (non-hydrogen) atoms. The first-order valence-corrected chi connectivity index (χ1v) is 10.1. The molecule has 5 rings (SSSR count). The number of nitrogens with zero attached hydrogens (tertiary/aromatic N) is 5.